The molecule has 128 valence electrons. The van der Waals surface area contributed by atoms with Crippen LogP contribution in [0.4, 0.5) is 0 Å². The molecule has 0 bridgehead atoms. The number of thiophene rings is 1. The van der Waals surface area contributed by atoms with Gasteiger partial charge in [-0.15, -0.1) is 11.3 Å². The second-order valence-electron chi connectivity index (χ2n) is 6.65. The van der Waals surface area contributed by atoms with Gasteiger partial charge in [0.05, 0.1) is 5.75 Å². The van der Waals surface area contributed by atoms with Crippen molar-refractivity contribution in [3.05, 3.63) is 16.8 Å². The van der Waals surface area contributed by atoms with Crippen LogP contribution in [0.1, 0.15) is 49.0 Å². The maximum atomic E-state index is 12.6. The van der Waals surface area contributed by atoms with Gasteiger partial charge in [0.15, 0.2) is 0 Å². The van der Waals surface area contributed by atoms with Gasteiger partial charge in [-0.25, -0.2) is 9.97 Å². The van der Waals surface area contributed by atoms with Crippen molar-refractivity contribution >= 4 is 39.2 Å². The van der Waals surface area contributed by atoms with E-state index >= 15 is 0 Å². The molecule has 1 fully saturated rings. The molecule has 4 rings (SSSR count). The van der Waals surface area contributed by atoms with E-state index in [0.29, 0.717) is 5.75 Å². The van der Waals surface area contributed by atoms with E-state index in [4.69, 9.17) is 0 Å². The van der Waals surface area contributed by atoms with Crippen molar-refractivity contribution in [2.24, 2.45) is 0 Å². The summed E-state index contributed by atoms with van der Waals surface area (Å²) in [7, 11) is 0. The maximum Gasteiger partial charge on any atom is 0.232 e. The van der Waals surface area contributed by atoms with Crippen LogP contribution in [0.25, 0.3) is 10.2 Å². The lowest BCUT2D eigenvalue weighted by Crippen LogP contribution is -2.35. The van der Waals surface area contributed by atoms with Crippen molar-refractivity contribution in [1.29, 1.82) is 0 Å². The summed E-state index contributed by atoms with van der Waals surface area (Å²) in [5.41, 5.74) is 1.44. The topological polar surface area (TPSA) is 46.1 Å². The van der Waals surface area contributed by atoms with Gasteiger partial charge in [-0.3, -0.25) is 4.79 Å². The molecule has 0 aromatic carbocycles. The first-order chi connectivity index (χ1) is 11.8. The Morgan fingerprint density at radius 1 is 1.08 bits per heavy atom. The molecule has 0 radical (unpaired) electrons. The molecule has 24 heavy (non-hydrogen) atoms. The van der Waals surface area contributed by atoms with E-state index in [1.807, 2.05) is 11.3 Å². The molecule has 0 N–H and O–H groups in total. The van der Waals surface area contributed by atoms with E-state index in [1.165, 1.54) is 47.9 Å². The van der Waals surface area contributed by atoms with Gasteiger partial charge in [0.25, 0.3) is 0 Å². The smallest absolute Gasteiger partial charge is 0.232 e. The summed E-state index contributed by atoms with van der Waals surface area (Å²) in [6, 6.07) is 0. The number of rotatable bonds is 3. The number of hydrogen-bond donors (Lipinski definition) is 0. The van der Waals surface area contributed by atoms with Crippen LogP contribution in [0.5, 0.6) is 0 Å². The number of aryl methyl sites for hydroxylation is 2. The Morgan fingerprint density at radius 3 is 2.71 bits per heavy atom. The summed E-state index contributed by atoms with van der Waals surface area (Å²) < 4.78 is 0. The van der Waals surface area contributed by atoms with E-state index < -0.39 is 0 Å². The van der Waals surface area contributed by atoms with Crippen molar-refractivity contribution in [2.45, 2.75) is 56.4 Å². The highest BCUT2D eigenvalue weighted by atomic mass is 32.2. The van der Waals surface area contributed by atoms with E-state index in [1.54, 1.807) is 18.1 Å². The highest BCUT2D eigenvalue weighted by Crippen LogP contribution is 2.40. The second-order valence-corrected chi connectivity index (χ2v) is 8.70. The summed E-state index contributed by atoms with van der Waals surface area (Å²) in [5, 5.41) is 2.22. The van der Waals surface area contributed by atoms with E-state index in [2.05, 4.69) is 14.9 Å². The van der Waals surface area contributed by atoms with Crippen LogP contribution in [-0.2, 0) is 17.6 Å². The van der Waals surface area contributed by atoms with Gasteiger partial charge < -0.3 is 4.90 Å². The number of thioether (sulfide) groups is 1. The number of amides is 1. The van der Waals surface area contributed by atoms with E-state index in [0.717, 1.165) is 42.2 Å². The fourth-order valence-corrected chi connectivity index (χ4v) is 5.95. The van der Waals surface area contributed by atoms with Crippen LogP contribution in [-0.4, -0.2) is 39.6 Å². The van der Waals surface area contributed by atoms with Crippen molar-refractivity contribution in [3.8, 4) is 0 Å². The van der Waals surface area contributed by atoms with Crippen molar-refractivity contribution in [2.75, 3.05) is 18.8 Å². The molecule has 2 aliphatic rings. The van der Waals surface area contributed by atoms with E-state index in [-0.39, 0.29) is 5.91 Å². The molecular weight excluding hydrogens is 338 g/mol. The van der Waals surface area contributed by atoms with E-state index in [9.17, 15) is 4.79 Å². The monoisotopic (exact) mass is 361 g/mol. The quantitative estimate of drug-likeness (QED) is 0.611. The SMILES string of the molecule is O=C(CSc1ncnc2sc3c(c12)CCC3)N1CCCCCCC1. The highest BCUT2D eigenvalue weighted by Gasteiger charge is 2.22. The average molecular weight is 362 g/mol. The van der Waals surface area contributed by atoms with Crippen LogP contribution in [0.15, 0.2) is 11.4 Å². The Bertz CT molecular complexity index is 735. The first kappa shape index (κ1) is 16.3. The predicted octanol–water partition coefficient (Wildman–Crippen LogP) is 4.06. The minimum absolute atomic E-state index is 0.264. The van der Waals surface area contributed by atoms with Crippen LogP contribution in [0.3, 0.4) is 0 Å². The molecule has 2 aromatic heterocycles. The Kier molecular flexibility index (Phi) is 5.03. The lowest BCUT2D eigenvalue weighted by Gasteiger charge is -2.24. The Balaban J connectivity index is 1.47. The molecule has 0 atom stereocenters. The Morgan fingerprint density at radius 2 is 1.88 bits per heavy atom. The number of carbonyl (C=O) groups is 1. The van der Waals surface area contributed by atoms with Crippen molar-refractivity contribution < 1.29 is 4.79 Å². The molecule has 1 aliphatic carbocycles. The first-order valence-corrected chi connectivity index (χ1v) is 10.8. The zero-order valence-corrected chi connectivity index (χ0v) is 15.6. The molecule has 2 aromatic rings. The Hall–Kier alpha value is -1.14. The molecule has 0 unspecified atom stereocenters. The number of fused-ring (bicyclic) bond motifs is 3. The minimum atomic E-state index is 0.264. The first-order valence-electron chi connectivity index (χ1n) is 8.99. The minimum Gasteiger partial charge on any atom is -0.342 e. The average Bonchev–Trinajstić information content (AvgIpc) is 3.13. The van der Waals surface area contributed by atoms with Crippen LogP contribution >= 0.6 is 23.1 Å². The van der Waals surface area contributed by atoms with Crippen LogP contribution < -0.4 is 0 Å². The highest BCUT2D eigenvalue weighted by molar-refractivity contribution is 8.00. The molecule has 4 nitrogen and oxygen atoms in total. The molecular formula is C18H23N3OS2. The Labute approximate surface area is 151 Å². The van der Waals surface area contributed by atoms with Gasteiger partial charge in [-0.05, 0) is 37.7 Å². The fraction of sp³-hybridized carbons (Fsp3) is 0.611. The number of aromatic nitrogens is 2. The maximum absolute atomic E-state index is 12.6. The molecule has 1 amide bonds. The van der Waals surface area contributed by atoms with Gasteiger partial charge in [0.1, 0.15) is 16.2 Å². The zero-order valence-electron chi connectivity index (χ0n) is 13.9. The second kappa shape index (κ2) is 7.40. The molecule has 3 heterocycles. The van der Waals surface area contributed by atoms with Crippen molar-refractivity contribution in [1.82, 2.24) is 14.9 Å². The lowest BCUT2D eigenvalue weighted by atomic mass is 10.1. The molecule has 0 saturated carbocycles. The van der Waals surface area contributed by atoms with Crippen LogP contribution in [0.2, 0.25) is 0 Å². The van der Waals surface area contributed by atoms with Gasteiger partial charge in [-0.1, -0.05) is 31.0 Å². The number of nitrogens with zero attached hydrogens (tertiary/aromatic N) is 3. The third-order valence-corrected chi connectivity index (χ3v) is 7.18. The summed E-state index contributed by atoms with van der Waals surface area (Å²) >= 11 is 3.41. The predicted molar refractivity (Wildman–Crippen MR) is 99.8 cm³/mol. The molecule has 1 aliphatic heterocycles. The summed E-state index contributed by atoms with van der Waals surface area (Å²) in [6.45, 7) is 1.85. The third kappa shape index (κ3) is 3.31. The third-order valence-electron chi connectivity index (χ3n) is 5.01. The number of carbonyl (C=O) groups excluding carboxylic acids is 1. The number of hydrogen-bond acceptors (Lipinski definition) is 5. The van der Waals surface area contributed by atoms with Gasteiger partial charge in [0, 0.05) is 23.4 Å². The lowest BCUT2D eigenvalue weighted by molar-refractivity contribution is -0.128. The summed E-state index contributed by atoms with van der Waals surface area (Å²) in [4.78, 5) is 26.2. The van der Waals surface area contributed by atoms with Crippen molar-refractivity contribution in [3.63, 3.8) is 0 Å². The largest absolute Gasteiger partial charge is 0.342 e. The molecule has 1 saturated heterocycles. The van der Waals surface area contributed by atoms with Gasteiger partial charge in [0.2, 0.25) is 5.91 Å². The van der Waals surface area contributed by atoms with Gasteiger partial charge >= 0.3 is 0 Å². The summed E-state index contributed by atoms with van der Waals surface area (Å²) in [5.74, 6) is 0.761. The fourth-order valence-electron chi connectivity index (χ4n) is 3.73. The van der Waals surface area contributed by atoms with Crippen LogP contribution in [0, 0.1) is 0 Å². The zero-order chi connectivity index (χ0) is 16.4. The normalized spacial score (nSPS) is 18.4. The standard InChI is InChI=1S/C18H23N3OS2/c22-15(21-9-4-2-1-3-5-10-21)11-23-17-16-13-7-6-8-14(13)24-18(16)20-12-19-17/h12H,1-11H2. The van der Waals surface area contributed by atoms with Gasteiger partial charge in [-0.2, -0.15) is 0 Å². The summed E-state index contributed by atoms with van der Waals surface area (Å²) in [6.07, 6.45) is 11.3. The number of likely N-dealkylation sites (tertiary alicyclic amines) is 1. The molecule has 6 heteroatoms. The molecule has 0 spiro atoms.